The summed E-state index contributed by atoms with van der Waals surface area (Å²) in [5.74, 6) is -0.927. The minimum absolute atomic E-state index is 0.0917. The molecular formula is C28H36F4N6O2. The molecule has 0 amide bonds. The number of nitrogens with one attached hydrogen (secondary N) is 1. The van der Waals surface area contributed by atoms with Gasteiger partial charge in [-0.25, -0.2) is 14.4 Å². The van der Waals surface area contributed by atoms with Crippen molar-refractivity contribution >= 4 is 16.7 Å². The SMILES string of the molecule is CCNc1cc2c(cn1)c(C1CCN(CCOC)CC1)nn2C1CCC(Oc2nccc(C(F)(F)F)c2F)CC1. The van der Waals surface area contributed by atoms with E-state index in [-0.39, 0.29) is 6.04 Å². The Labute approximate surface area is 231 Å². The first-order valence-electron chi connectivity index (χ1n) is 14.0. The Balaban J connectivity index is 1.32. The highest BCUT2D eigenvalue weighted by Gasteiger charge is 2.37. The molecule has 0 atom stereocenters. The molecule has 2 fully saturated rings. The molecule has 1 aliphatic carbocycles. The van der Waals surface area contributed by atoms with E-state index in [1.165, 1.54) is 0 Å². The van der Waals surface area contributed by atoms with Crippen LogP contribution in [0.4, 0.5) is 23.4 Å². The van der Waals surface area contributed by atoms with Crippen LogP contribution in [0.3, 0.4) is 0 Å². The quantitative estimate of drug-likeness (QED) is 0.329. The maximum Gasteiger partial charge on any atom is 0.419 e. The monoisotopic (exact) mass is 564 g/mol. The van der Waals surface area contributed by atoms with Crippen molar-refractivity contribution in [3.05, 3.63) is 41.6 Å². The molecule has 40 heavy (non-hydrogen) atoms. The smallest absolute Gasteiger partial charge is 0.419 e. The number of aromatic nitrogens is 4. The second-order valence-corrected chi connectivity index (χ2v) is 10.6. The lowest BCUT2D eigenvalue weighted by molar-refractivity contribution is -0.140. The number of ether oxygens (including phenoxy) is 2. The van der Waals surface area contributed by atoms with E-state index in [4.69, 9.17) is 14.6 Å². The van der Waals surface area contributed by atoms with Crippen LogP contribution >= 0.6 is 0 Å². The number of pyridine rings is 2. The fraction of sp³-hybridized carbons (Fsp3) is 0.607. The van der Waals surface area contributed by atoms with Gasteiger partial charge in [0, 0.05) is 50.0 Å². The Bertz CT molecular complexity index is 1280. The lowest BCUT2D eigenvalue weighted by Gasteiger charge is -2.31. The molecular weight excluding hydrogens is 528 g/mol. The van der Waals surface area contributed by atoms with Crippen LogP contribution in [0, 0.1) is 5.82 Å². The van der Waals surface area contributed by atoms with Crippen LogP contribution in [0.25, 0.3) is 10.9 Å². The molecule has 2 aliphatic rings. The van der Waals surface area contributed by atoms with E-state index in [9.17, 15) is 17.6 Å². The van der Waals surface area contributed by atoms with Crippen LogP contribution in [0.2, 0.25) is 0 Å². The van der Waals surface area contributed by atoms with Crippen molar-refractivity contribution in [2.24, 2.45) is 0 Å². The molecule has 1 aliphatic heterocycles. The van der Waals surface area contributed by atoms with Gasteiger partial charge >= 0.3 is 6.18 Å². The topological polar surface area (TPSA) is 77.3 Å². The third kappa shape index (κ3) is 6.17. The summed E-state index contributed by atoms with van der Waals surface area (Å²) in [5, 5.41) is 9.50. The average molecular weight is 565 g/mol. The van der Waals surface area contributed by atoms with Gasteiger partial charge in [0.2, 0.25) is 0 Å². The molecule has 5 rings (SSSR count). The summed E-state index contributed by atoms with van der Waals surface area (Å²) < 4.78 is 66.7. The first-order chi connectivity index (χ1) is 19.3. The summed E-state index contributed by atoms with van der Waals surface area (Å²) in [7, 11) is 1.72. The number of methoxy groups -OCH3 is 1. The summed E-state index contributed by atoms with van der Waals surface area (Å²) in [6.45, 7) is 6.42. The zero-order valence-corrected chi connectivity index (χ0v) is 22.9. The van der Waals surface area contributed by atoms with E-state index >= 15 is 0 Å². The number of rotatable bonds is 9. The molecule has 3 aromatic rings. The number of nitrogens with zero attached hydrogens (tertiary/aromatic N) is 5. The Morgan fingerprint density at radius 2 is 1.82 bits per heavy atom. The van der Waals surface area contributed by atoms with E-state index in [1.807, 2.05) is 19.2 Å². The Hall–Kier alpha value is -2.99. The van der Waals surface area contributed by atoms with E-state index in [0.717, 1.165) is 74.2 Å². The zero-order valence-electron chi connectivity index (χ0n) is 22.9. The fourth-order valence-corrected chi connectivity index (χ4v) is 5.85. The normalized spacial score (nSPS) is 21.1. The van der Waals surface area contributed by atoms with Crippen molar-refractivity contribution in [3.8, 4) is 5.88 Å². The number of fused-ring (bicyclic) bond motifs is 1. The van der Waals surface area contributed by atoms with E-state index in [2.05, 4.69) is 24.9 Å². The van der Waals surface area contributed by atoms with E-state index in [1.54, 1.807) is 7.11 Å². The Morgan fingerprint density at radius 1 is 1.07 bits per heavy atom. The molecule has 0 unspecified atom stereocenters. The molecule has 8 nitrogen and oxygen atoms in total. The van der Waals surface area contributed by atoms with Crippen LogP contribution < -0.4 is 10.1 Å². The molecule has 218 valence electrons. The molecule has 0 bridgehead atoms. The number of anilines is 1. The van der Waals surface area contributed by atoms with Gasteiger partial charge in [0.25, 0.3) is 5.88 Å². The number of likely N-dealkylation sites (tertiary alicyclic amines) is 1. The highest BCUT2D eigenvalue weighted by Crippen LogP contribution is 2.39. The number of hydrogen-bond acceptors (Lipinski definition) is 7. The van der Waals surface area contributed by atoms with Crippen molar-refractivity contribution in [1.82, 2.24) is 24.6 Å². The summed E-state index contributed by atoms with van der Waals surface area (Å²) in [4.78, 5) is 10.8. The largest absolute Gasteiger partial charge is 0.472 e. The van der Waals surface area contributed by atoms with Gasteiger partial charge in [0.15, 0.2) is 5.82 Å². The van der Waals surface area contributed by atoms with Crippen molar-refractivity contribution in [2.45, 2.75) is 69.7 Å². The van der Waals surface area contributed by atoms with Crippen molar-refractivity contribution in [1.29, 1.82) is 0 Å². The van der Waals surface area contributed by atoms with Crippen LogP contribution in [-0.2, 0) is 10.9 Å². The molecule has 4 heterocycles. The standard InChI is InChI=1S/C28H36F4N6O2/c1-3-33-24-16-23-21(17-35-24)26(18-9-12-37(13-10-18)14-15-39-2)36-38(23)19-4-6-20(7-5-19)40-27-25(29)22(8-11-34-27)28(30,31)32/h8,11,16-20H,3-7,9-10,12-15H2,1-2H3,(H,33,35). The van der Waals surface area contributed by atoms with Gasteiger partial charge in [-0.15, -0.1) is 0 Å². The number of alkyl halides is 3. The van der Waals surface area contributed by atoms with Crippen molar-refractivity contribution in [2.75, 3.05) is 45.2 Å². The predicted molar refractivity (Wildman–Crippen MR) is 143 cm³/mol. The minimum atomic E-state index is -4.80. The second-order valence-electron chi connectivity index (χ2n) is 10.6. The zero-order chi connectivity index (χ0) is 28.3. The molecule has 1 N–H and O–H groups in total. The number of hydrogen-bond donors (Lipinski definition) is 1. The molecule has 0 aromatic carbocycles. The summed E-state index contributed by atoms with van der Waals surface area (Å²) in [6.07, 6.45) is 2.18. The first-order valence-corrected chi connectivity index (χ1v) is 14.0. The molecule has 0 radical (unpaired) electrons. The fourth-order valence-electron chi connectivity index (χ4n) is 5.85. The summed E-state index contributed by atoms with van der Waals surface area (Å²) >= 11 is 0. The lowest BCUT2D eigenvalue weighted by atomic mass is 9.92. The van der Waals surface area contributed by atoms with Gasteiger partial charge < -0.3 is 19.7 Å². The second kappa shape index (κ2) is 12.3. The van der Waals surface area contributed by atoms with Gasteiger partial charge in [-0.05, 0) is 64.6 Å². The van der Waals surface area contributed by atoms with E-state index in [0.29, 0.717) is 37.7 Å². The van der Waals surface area contributed by atoms with Crippen LogP contribution in [0.1, 0.15) is 68.7 Å². The predicted octanol–water partition coefficient (Wildman–Crippen LogP) is 5.80. The van der Waals surface area contributed by atoms with Gasteiger partial charge in [0.1, 0.15) is 11.9 Å². The highest BCUT2D eigenvalue weighted by molar-refractivity contribution is 5.84. The van der Waals surface area contributed by atoms with Gasteiger partial charge in [0.05, 0.1) is 29.4 Å². The highest BCUT2D eigenvalue weighted by atomic mass is 19.4. The third-order valence-corrected chi connectivity index (χ3v) is 7.99. The lowest BCUT2D eigenvalue weighted by Crippen LogP contribution is -2.35. The molecule has 3 aromatic heterocycles. The molecule has 0 spiro atoms. The van der Waals surface area contributed by atoms with Crippen LogP contribution in [0.15, 0.2) is 24.5 Å². The maximum atomic E-state index is 14.5. The third-order valence-electron chi connectivity index (χ3n) is 7.99. The average Bonchev–Trinajstić information content (AvgIpc) is 3.32. The maximum absolute atomic E-state index is 14.5. The molecule has 1 saturated carbocycles. The summed E-state index contributed by atoms with van der Waals surface area (Å²) in [5.41, 5.74) is 0.736. The number of piperidine rings is 1. The van der Waals surface area contributed by atoms with Gasteiger partial charge in [-0.3, -0.25) is 4.68 Å². The Kier molecular flexibility index (Phi) is 8.74. The van der Waals surface area contributed by atoms with Crippen LogP contribution in [0.5, 0.6) is 5.88 Å². The molecule has 1 saturated heterocycles. The van der Waals surface area contributed by atoms with Gasteiger partial charge in [-0.2, -0.15) is 18.3 Å². The van der Waals surface area contributed by atoms with Crippen LogP contribution in [-0.4, -0.2) is 70.6 Å². The summed E-state index contributed by atoms with van der Waals surface area (Å²) in [6, 6.07) is 2.77. The van der Waals surface area contributed by atoms with Gasteiger partial charge in [-0.1, -0.05) is 0 Å². The minimum Gasteiger partial charge on any atom is -0.472 e. The molecule has 12 heteroatoms. The van der Waals surface area contributed by atoms with Crippen molar-refractivity contribution in [3.63, 3.8) is 0 Å². The van der Waals surface area contributed by atoms with E-state index < -0.39 is 29.5 Å². The van der Waals surface area contributed by atoms with Crippen molar-refractivity contribution < 1.29 is 27.0 Å². The number of halogens is 4. The Morgan fingerprint density at radius 3 is 2.50 bits per heavy atom. The first kappa shape index (κ1) is 28.5.